The summed E-state index contributed by atoms with van der Waals surface area (Å²) in [7, 11) is 0. The SMILES string of the molecule is CC(C)=NC(=O)c1cccc(CN2CCN(C(=O)c3ccc(NC(=O)NCC4CC4)c(F)c3)CC2CF)c1. The lowest BCUT2D eigenvalue weighted by Crippen LogP contribution is -2.55. The van der Waals surface area contributed by atoms with Crippen LogP contribution in [0.3, 0.4) is 0 Å². The molecule has 1 saturated carbocycles. The Balaban J connectivity index is 1.36. The van der Waals surface area contributed by atoms with E-state index >= 15 is 0 Å². The molecule has 0 spiro atoms. The summed E-state index contributed by atoms with van der Waals surface area (Å²) in [5, 5.41) is 5.17. The smallest absolute Gasteiger partial charge is 0.319 e. The van der Waals surface area contributed by atoms with Gasteiger partial charge in [0.1, 0.15) is 12.5 Å². The minimum absolute atomic E-state index is 0.0122. The van der Waals surface area contributed by atoms with Crippen molar-refractivity contribution in [1.82, 2.24) is 15.1 Å². The van der Waals surface area contributed by atoms with Crippen LogP contribution in [0.4, 0.5) is 19.3 Å². The third-order valence-electron chi connectivity index (χ3n) is 6.67. The Labute approximate surface area is 221 Å². The fraction of sp³-hybridized carbons (Fsp3) is 0.429. The molecule has 2 aliphatic rings. The number of hydrogen-bond donors (Lipinski definition) is 2. The zero-order chi connectivity index (χ0) is 27.2. The molecule has 2 fully saturated rings. The number of carbonyl (C=O) groups is 3. The quantitative estimate of drug-likeness (QED) is 0.504. The van der Waals surface area contributed by atoms with Crippen molar-refractivity contribution < 1.29 is 23.2 Å². The summed E-state index contributed by atoms with van der Waals surface area (Å²) in [5.41, 5.74) is 2.11. The Bertz CT molecular complexity index is 1230. The van der Waals surface area contributed by atoms with Crippen LogP contribution in [-0.4, -0.2) is 72.3 Å². The number of alkyl halides is 1. The fourth-order valence-corrected chi connectivity index (χ4v) is 4.39. The summed E-state index contributed by atoms with van der Waals surface area (Å²) >= 11 is 0. The van der Waals surface area contributed by atoms with Gasteiger partial charge in [0.15, 0.2) is 0 Å². The summed E-state index contributed by atoms with van der Waals surface area (Å²) in [4.78, 5) is 44.7. The fourth-order valence-electron chi connectivity index (χ4n) is 4.39. The highest BCUT2D eigenvalue weighted by Gasteiger charge is 2.30. The number of anilines is 1. The first-order valence-electron chi connectivity index (χ1n) is 12.8. The van der Waals surface area contributed by atoms with Crippen molar-refractivity contribution in [1.29, 1.82) is 0 Å². The van der Waals surface area contributed by atoms with Crippen LogP contribution in [0, 0.1) is 11.7 Å². The normalized spacial score (nSPS) is 17.6. The van der Waals surface area contributed by atoms with Crippen LogP contribution in [0.15, 0.2) is 47.5 Å². The van der Waals surface area contributed by atoms with Gasteiger partial charge in [-0.2, -0.15) is 0 Å². The Hall–Kier alpha value is -3.66. The number of hydrogen-bond acceptors (Lipinski definition) is 4. The van der Waals surface area contributed by atoms with Crippen molar-refractivity contribution in [3.05, 3.63) is 65.0 Å². The van der Waals surface area contributed by atoms with E-state index in [1.54, 1.807) is 32.0 Å². The van der Waals surface area contributed by atoms with Crippen LogP contribution in [0.1, 0.15) is 53.0 Å². The largest absolute Gasteiger partial charge is 0.338 e. The molecule has 0 radical (unpaired) electrons. The van der Waals surface area contributed by atoms with E-state index in [2.05, 4.69) is 15.6 Å². The Morgan fingerprint density at radius 2 is 1.84 bits per heavy atom. The molecule has 202 valence electrons. The van der Waals surface area contributed by atoms with Crippen molar-refractivity contribution in [3.63, 3.8) is 0 Å². The van der Waals surface area contributed by atoms with E-state index in [0.717, 1.165) is 24.5 Å². The van der Waals surface area contributed by atoms with Crippen LogP contribution < -0.4 is 10.6 Å². The first-order valence-corrected chi connectivity index (χ1v) is 12.8. The third kappa shape index (κ3) is 7.22. The lowest BCUT2D eigenvalue weighted by Gasteiger charge is -2.40. The minimum Gasteiger partial charge on any atom is -0.338 e. The lowest BCUT2D eigenvalue weighted by molar-refractivity contribution is 0.0399. The van der Waals surface area contributed by atoms with Crippen molar-refractivity contribution in [2.24, 2.45) is 10.9 Å². The van der Waals surface area contributed by atoms with Gasteiger partial charge in [-0.05, 0) is 68.5 Å². The van der Waals surface area contributed by atoms with Crippen LogP contribution in [-0.2, 0) is 6.54 Å². The molecule has 38 heavy (non-hydrogen) atoms. The highest BCUT2D eigenvalue weighted by atomic mass is 19.1. The molecule has 4 rings (SSSR count). The van der Waals surface area contributed by atoms with Gasteiger partial charge >= 0.3 is 6.03 Å². The zero-order valence-electron chi connectivity index (χ0n) is 21.7. The van der Waals surface area contributed by atoms with Gasteiger partial charge in [-0.1, -0.05) is 12.1 Å². The number of piperazine rings is 1. The van der Waals surface area contributed by atoms with Gasteiger partial charge < -0.3 is 15.5 Å². The predicted molar refractivity (Wildman–Crippen MR) is 142 cm³/mol. The molecule has 1 atom stereocenters. The van der Waals surface area contributed by atoms with Crippen molar-refractivity contribution in [2.45, 2.75) is 39.3 Å². The summed E-state index contributed by atoms with van der Waals surface area (Å²) < 4.78 is 28.7. The molecule has 1 unspecified atom stereocenters. The minimum atomic E-state index is -0.713. The molecule has 1 saturated heterocycles. The highest BCUT2D eigenvalue weighted by molar-refractivity contribution is 6.02. The summed E-state index contributed by atoms with van der Waals surface area (Å²) in [6.07, 6.45) is 2.18. The maximum atomic E-state index is 14.6. The standard InChI is InChI=1S/C28H33F2N5O3/c1-18(2)32-26(36)21-5-3-4-20(12-21)16-34-10-11-35(17-23(34)14-29)27(37)22-8-9-25(24(30)13-22)33-28(38)31-15-19-6-7-19/h3-5,8-9,12-13,19,23H,6-7,10-11,14-17H2,1-2H3,(H2,31,33,38). The van der Waals surface area contributed by atoms with E-state index in [0.29, 0.717) is 43.4 Å². The number of urea groups is 1. The number of halogens is 2. The van der Waals surface area contributed by atoms with E-state index in [1.807, 2.05) is 11.0 Å². The molecular weight excluding hydrogens is 492 g/mol. The zero-order valence-corrected chi connectivity index (χ0v) is 21.7. The first kappa shape index (κ1) is 27.4. The molecule has 0 bridgehead atoms. The lowest BCUT2D eigenvalue weighted by atomic mass is 10.1. The topological polar surface area (TPSA) is 94.1 Å². The van der Waals surface area contributed by atoms with Gasteiger partial charge in [0, 0.05) is 49.6 Å². The van der Waals surface area contributed by atoms with E-state index in [1.165, 1.54) is 17.0 Å². The average Bonchev–Trinajstić information content (AvgIpc) is 3.73. The maximum Gasteiger partial charge on any atom is 0.319 e. The van der Waals surface area contributed by atoms with Crippen molar-refractivity contribution in [2.75, 3.05) is 38.2 Å². The monoisotopic (exact) mass is 525 g/mol. The second kappa shape index (κ2) is 12.3. The second-order valence-electron chi connectivity index (χ2n) is 10.1. The van der Waals surface area contributed by atoms with E-state index in [9.17, 15) is 23.2 Å². The van der Waals surface area contributed by atoms with Crippen molar-refractivity contribution >= 4 is 29.2 Å². The number of carbonyl (C=O) groups excluding carboxylic acids is 3. The number of nitrogens with zero attached hydrogens (tertiary/aromatic N) is 3. The second-order valence-corrected chi connectivity index (χ2v) is 10.1. The Kier molecular flexibility index (Phi) is 8.83. The van der Waals surface area contributed by atoms with Gasteiger partial charge in [-0.3, -0.25) is 14.5 Å². The van der Waals surface area contributed by atoms with Gasteiger partial charge in [0.2, 0.25) is 0 Å². The summed E-state index contributed by atoms with van der Waals surface area (Å²) in [5.74, 6) is -0.933. The summed E-state index contributed by atoms with van der Waals surface area (Å²) in [6, 6.07) is 9.99. The average molecular weight is 526 g/mol. The molecule has 0 aromatic heterocycles. The van der Waals surface area contributed by atoms with Gasteiger partial charge in [0.05, 0.1) is 11.7 Å². The predicted octanol–water partition coefficient (Wildman–Crippen LogP) is 4.27. The van der Waals surface area contributed by atoms with E-state index < -0.39 is 30.5 Å². The number of nitrogens with one attached hydrogen (secondary N) is 2. The molecule has 1 aliphatic heterocycles. The molecule has 2 aromatic rings. The molecule has 2 N–H and O–H groups in total. The Morgan fingerprint density at radius 3 is 2.53 bits per heavy atom. The van der Waals surface area contributed by atoms with Gasteiger partial charge in [0.25, 0.3) is 11.8 Å². The molecule has 8 nitrogen and oxygen atoms in total. The van der Waals surface area contributed by atoms with Crippen LogP contribution in [0.5, 0.6) is 0 Å². The third-order valence-corrected chi connectivity index (χ3v) is 6.67. The molecular formula is C28H33F2N5O3. The van der Waals surface area contributed by atoms with Crippen LogP contribution >= 0.6 is 0 Å². The molecule has 4 amide bonds. The highest BCUT2D eigenvalue weighted by Crippen LogP contribution is 2.27. The number of amides is 4. The molecule has 10 heteroatoms. The van der Waals surface area contributed by atoms with Gasteiger partial charge in [-0.25, -0.2) is 18.6 Å². The maximum absolute atomic E-state index is 14.6. The Morgan fingerprint density at radius 1 is 1.05 bits per heavy atom. The van der Waals surface area contributed by atoms with Gasteiger partial charge in [-0.15, -0.1) is 0 Å². The van der Waals surface area contributed by atoms with Crippen molar-refractivity contribution in [3.8, 4) is 0 Å². The number of benzene rings is 2. The van der Waals surface area contributed by atoms with E-state index in [4.69, 9.17) is 0 Å². The van der Waals surface area contributed by atoms with Crippen LogP contribution in [0.2, 0.25) is 0 Å². The number of rotatable bonds is 8. The molecule has 1 aliphatic carbocycles. The van der Waals surface area contributed by atoms with E-state index in [-0.39, 0.29) is 23.7 Å². The molecule has 1 heterocycles. The first-order chi connectivity index (χ1) is 18.2. The molecule has 2 aromatic carbocycles. The number of aliphatic imine (C=N–C) groups is 1. The summed E-state index contributed by atoms with van der Waals surface area (Å²) in [6.45, 7) is 4.75. The van der Waals surface area contributed by atoms with Crippen LogP contribution in [0.25, 0.3) is 0 Å².